The van der Waals surface area contributed by atoms with E-state index in [1.165, 1.54) is 53.6 Å². The van der Waals surface area contributed by atoms with Gasteiger partial charge in [0.15, 0.2) is 0 Å². The molecule has 0 bridgehead atoms. The largest absolute Gasteiger partial charge is 0.245 e. The molecule has 0 unspecified atom stereocenters. The quantitative estimate of drug-likeness (QED) is 0.179. The Morgan fingerprint density at radius 1 is 0.388 bits per heavy atom. The molecule has 1 aliphatic heterocycles. The van der Waals surface area contributed by atoms with Crippen LogP contribution in [0.1, 0.15) is 0 Å². The van der Waals surface area contributed by atoms with Crippen LogP contribution in [0.4, 0.5) is 0 Å². The van der Waals surface area contributed by atoms with Crippen molar-refractivity contribution in [2.45, 2.75) is 9.79 Å². The minimum Gasteiger partial charge on any atom is -0.245 e. The maximum Gasteiger partial charge on any atom is 0.0972 e. The highest BCUT2D eigenvalue weighted by atomic mass is 32.3. The number of aromatic nitrogens is 2. The Morgan fingerprint density at radius 3 is 1.80 bits per heavy atom. The average Bonchev–Trinajstić information content (AvgIpc) is 3.40. The Morgan fingerprint density at radius 2 is 1.00 bits per heavy atom. The Bertz CT molecular complexity index is 2800. The standard InChI is InChI=1S/C46H32N2S/c1-49(2)42-15-9-8-14-39(42)44-35-22-18-32(28-33(35)21-27-43(44)49)34-23-24-38(37-13-7-6-12-36(34)37)41-26-20-31-17-16-30-19-25-40(29-10-4-3-5-11-29)47-45(30)46(31)48-41/h3-28H,1-2H3. The van der Waals surface area contributed by atoms with E-state index in [0.29, 0.717) is 0 Å². The van der Waals surface area contributed by atoms with Crippen LogP contribution in [0.5, 0.6) is 0 Å². The van der Waals surface area contributed by atoms with Crippen molar-refractivity contribution in [2.75, 3.05) is 12.5 Å². The first-order chi connectivity index (χ1) is 24.0. The van der Waals surface area contributed by atoms with Crippen LogP contribution < -0.4 is 0 Å². The van der Waals surface area contributed by atoms with Crippen LogP contribution in [0, 0.1) is 0 Å². The van der Waals surface area contributed by atoms with Gasteiger partial charge < -0.3 is 0 Å². The number of hydrogen-bond donors (Lipinski definition) is 0. The summed E-state index contributed by atoms with van der Waals surface area (Å²) in [5.74, 6) is 0. The van der Waals surface area contributed by atoms with Crippen molar-refractivity contribution in [3.8, 4) is 44.8 Å². The molecule has 9 aromatic rings. The average molecular weight is 645 g/mol. The van der Waals surface area contributed by atoms with Crippen molar-refractivity contribution in [1.29, 1.82) is 0 Å². The van der Waals surface area contributed by atoms with Gasteiger partial charge in [-0.2, -0.15) is 10.0 Å². The lowest BCUT2D eigenvalue weighted by Gasteiger charge is -2.28. The van der Waals surface area contributed by atoms with Crippen molar-refractivity contribution in [2.24, 2.45) is 0 Å². The predicted octanol–water partition coefficient (Wildman–Crippen LogP) is 12.6. The van der Waals surface area contributed by atoms with Gasteiger partial charge in [-0.3, -0.25) is 0 Å². The number of hydrogen-bond acceptors (Lipinski definition) is 2. The lowest BCUT2D eigenvalue weighted by atomic mass is 9.91. The second-order valence-corrected chi connectivity index (χ2v) is 16.9. The van der Waals surface area contributed by atoms with Crippen molar-refractivity contribution in [1.82, 2.24) is 9.97 Å². The zero-order chi connectivity index (χ0) is 32.7. The molecule has 49 heavy (non-hydrogen) atoms. The lowest BCUT2D eigenvalue weighted by molar-refractivity contribution is 1.37. The molecular formula is C46H32N2S. The molecule has 10 rings (SSSR count). The van der Waals surface area contributed by atoms with Gasteiger partial charge in [-0.25, -0.2) is 9.97 Å². The van der Waals surface area contributed by atoms with E-state index in [1.54, 1.807) is 0 Å². The van der Waals surface area contributed by atoms with Crippen LogP contribution in [0.3, 0.4) is 0 Å². The maximum atomic E-state index is 5.30. The zero-order valence-electron chi connectivity index (χ0n) is 27.3. The van der Waals surface area contributed by atoms with Gasteiger partial charge in [0.2, 0.25) is 0 Å². The Hall–Kier alpha value is -5.77. The molecule has 2 nitrogen and oxygen atoms in total. The summed E-state index contributed by atoms with van der Waals surface area (Å²) in [5, 5.41) is 7.21. The summed E-state index contributed by atoms with van der Waals surface area (Å²) in [4.78, 5) is 13.4. The molecule has 7 aromatic carbocycles. The SMILES string of the molecule is CS1(C)c2ccccc2-c2c1ccc1cc(-c3ccc(-c4ccc5ccc6ccc(-c7ccccc7)nc6c5n4)c4ccccc34)ccc21. The van der Waals surface area contributed by atoms with Gasteiger partial charge in [-0.15, -0.1) is 0 Å². The van der Waals surface area contributed by atoms with Crippen molar-refractivity contribution in [3.63, 3.8) is 0 Å². The summed E-state index contributed by atoms with van der Waals surface area (Å²) < 4.78 is 0. The van der Waals surface area contributed by atoms with Gasteiger partial charge >= 0.3 is 0 Å². The fourth-order valence-corrected chi connectivity index (χ4v) is 10.4. The van der Waals surface area contributed by atoms with Gasteiger partial charge in [-0.1, -0.05) is 127 Å². The summed E-state index contributed by atoms with van der Waals surface area (Å²) in [7, 11) is -1.03. The summed E-state index contributed by atoms with van der Waals surface area (Å²) in [5.41, 5.74) is 11.3. The van der Waals surface area contributed by atoms with E-state index in [-0.39, 0.29) is 0 Å². The van der Waals surface area contributed by atoms with Crippen LogP contribution in [0.25, 0.3) is 88.1 Å². The zero-order valence-corrected chi connectivity index (χ0v) is 28.1. The fraction of sp³-hybridized carbons (Fsp3) is 0.0435. The smallest absolute Gasteiger partial charge is 0.0972 e. The summed E-state index contributed by atoms with van der Waals surface area (Å²) in [6.07, 6.45) is 4.85. The molecule has 0 aliphatic carbocycles. The molecule has 0 spiro atoms. The van der Waals surface area contributed by atoms with Gasteiger partial charge in [-0.05, 0) is 81.1 Å². The van der Waals surface area contributed by atoms with Crippen LogP contribution in [-0.2, 0) is 0 Å². The molecule has 1 aliphatic rings. The minimum absolute atomic E-state index is 0.926. The van der Waals surface area contributed by atoms with E-state index in [1.807, 2.05) is 6.07 Å². The first kappa shape index (κ1) is 28.3. The van der Waals surface area contributed by atoms with Crippen molar-refractivity contribution >= 4 is 53.4 Å². The second-order valence-electron chi connectivity index (χ2n) is 13.4. The number of nitrogens with zero attached hydrogens (tertiary/aromatic N) is 2. The molecule has 3 heteroatoms. The van der Waals surface area contributed by atoms with Crippen LogP contribution in [0.15, 0.2) is 168 Å². The Labute approximate surface area is 287 Å². The van der Waals surface area contributed by atoms with Gasteiger partial charge in [0.25, 0.3) is 0 Å². The molecule has 0 saturated carbocycles. The summed E-state index contributed by atoms with van der Waals surface area (Å²) >= 11 is 0. The van der Waals surface area contributed by atoms with E-state index < -0.39 is 10.0 Å². The topological polar surface area (TPSA) is 25.8 Å². The van der Waals surface area contributed by atoms with Crippen molar-refractivity contribution in [3.05, 3.63) is 158 Å². The van der Waals surface area contributed by atoms with Crippen LogP contribution >= 0.6 is 10.0 Å². The van der Waals surface area contributed by atoms with E-state index in [0.717, 1.165) is 44.3 Å². The predicted molar refractivity (Wildman–Crippen MR) is 210 cm³/mol. The minimum atomic E-state index is -1.03. The number of pyridine rings is 2. The molecule has 0 N–H and O–H groups in total. The third-order valence-electron chi connectivity index (χ3n) is 10.3. The number of benzene rings is 7. The summed E-state index contributed by atoms with van der Waals surface area (Å²) in [6.45, 7) is 0. The first-order valence-electron chi connectivity index (χ1n) is 16.7. The third kappa shape index (κ3) is 4.29. The molecule has 0 atom stereocenters. The highest BCUT2D eigenvalue weighted by Gasteiger charge is 2.32. The van der Waals surface area contributed by atoms with Crippen LogP contribution in [0.2, 0.25) is 0 Å². The lowest BCUT2D eigenvalue weighted by Crippen LogP contribution is -1.93. The Kier molecular flexibility index (Phi) is 6.12. The monoisotopic (exact) mass is 644 g/mol. The molecule has 0 amide bonds. The third-order valence-corrected chi connectivity index (χ3v) is 13.2. The molecule has 0 radical (unpaired) electrons. The molecule has 3 heterocycles. The van der Waals surface area contributed by atoms with E-state index in [9.17, 15) is 0 Å². The first-order valence-corrected chi connectivity index (χ1v) is 19.2. The van der Waals surface area contributed by atoms with Crippen LogP contribution in [-0.4, -0.2) is 22.5 Å². The molecular weight excluding hydrogens is 613 g/mol. The molecule has 2 aromatic heterocycles. The Balaban J connectivity index is 1.11. The summed E-state index contributed by atoms with van der Waals surface area (Å²) in [6, 6.07) is 57.2. The second kappa shape index (κ2) is 10.6. The molecule has 0 saturated heterocycles. The normalized spacial score (nSPS) is 13.9. The fourth-order valence-electron chi connectivity index (χ4n) is 7.88. The number of rotatable bonds is 3. The highest BCUT2D eigenvalue weighted by molar-refractivity contribution is 8.33. The van der Waals surface area contributed by atoms with E-state index in [4.69, 9.17) is 9.97 Å². The maximum absolute atomic E-state index is 5.30. The molecule has 232 valence electrons. The van der Waals surface area contributed by atoms with Gasteiger partial charge in [0.05, 0.1) is 22.4 Å². The molecule has 0 fully saturated rings. The van der Waals surface area contributed by atoms with E-state index >= 15 is 0 Å². The van der Waals surface area contributed by atoms with Gasteiger partial charge in [0, 0.05) is 37.3 Å². The van der Waals surface area contributed by atoms with Crippen molar-refractivity contribution < 1.29 is 0 Å². The number of fused-ring (bicyclic) bond motifs is 9. The van der Waals surface area contributed by atoms with E-state index in [2.05, 4.69) is 164 Å². The highest BCUT2D eigenvalue weighted by Crippen LogP contribution is 2.68. The van der Waals surface area contributed by atoms with Gasteiger partial charge in [0.1, 0.15) is 0 Å².